The Labute approximate surface area is 244 Å². The minimum absolute atomic E-state index is 0.0984. The summed E-state index contributed by atoms with van der Waals surface area (Å²) in [6.45, 7) is 4.50. The van der Waals surface area contributed by atoms with E-state index in [1.54, 1.807) is 0 Å². The zero-order valence-electron chi connectivity index (χ0n) is 25.3. The van der Waals surface area contributed by atoms with Gasteiger partial charge >= 0.3 is 0 Å². The molecule has 3 rings (SSSR count). The molecule has 2 atom stereocenters. The van der Waals surface area contributed by atoms with Crippen LogP contribution in [-0.4, -0.2) is 34.7 Å². The summed E-state index contributed by atoms with van der Waals surface area (Å²) in [6.07, 6.45) is 25.3. The summed E-state index contributed by atoms with van der Waals surface area (Å²) in [5.41, 5.74) is 3.95. The molecule has 0 heterocycles. The third kappa shape index (κ3) is 11.5. The highest BCUT2D eigenvalue weighted by atomic mass is 16.3. The quantitative estimate of drug-likeness (QED) is 0.144. The number of benzene rings is 2. The lowest BCUT2D eigenvalue weighted by Crippen LogP contribution is -2.27. The van der Waals surface area contributed by atoms with Gasteiger partial charge in [0.25, 0.3) is 0 Å². The van der Waals surface area contributed by atoms with Gasteiger partial charge in [0.05, 0.1) is 12.1 Å². The first kappa shape index (κ1) is 31.9. The molecule has 2 aromatic rings. The lowest BCUT2D eigenvalue weighted by atomic mass is 9.91. The number of phenols is 2. The lowest BCUT2D eigenvalue weighted by molar-refractivity contribution is 0.390. The molecule has 0 saturated heterocycles. The molecular formula is C36H54N2O2. The summed E-state index contributed by atoms with van der Waals surface area (Å²) >= 11 is 0. The summed E-state index contributed by atoms with van der Waals surface area (Å²) in [5.74, 6) is 0.628. The van der Waals surface area contributed by atoms with Crippen molar-refractivity contribution in [1.82, 2.24) is 0 Å². The van der Waals surface area contributed by atoms with Crippen LogP contribution in [0.3, 0.4) is 0 Å². The Kier molecular flexibility index (Phi) is 14.9. The van der Waals surface area contributed by atoms with Gasteiger partial charge in [-0.3, -0.25) is 9.98 Å². The molecule has 0 amide bonds. The van der Waals surface area contributed by atoms with Crippen LogP contribution in [0, 0.1) is 0 Å². The Morgan fingerprint density at radius 1 is 0.600 bits per heavy atom. The van der Waals surface area contributed by atoms with Crippen LogP contribution in [0.2, 0.25) is 0 Å². The Morgan fingerprint density at radius 3 is 1.40 bits per heavy atom. The zero-order valence-corrected chi connectivity index (χ0v) is 25.3. The standard InChI is InChI=1S/C36H54N2O2/c1-3-5-7-9-11-13-17-29-21-23-31(35(39)25-29)27-37-33-19-15-16-20-34(33)38-28-32-24-22-30(26-36(32)40)18-14-12-10-8-6-4-2/h21-28,33-34,39-40H,3-20H2,1-2H3/t33-,34+. The van der Waals surface area contributed by atoms with Crippen molar-refractivity contribution in [1.29, 1.82) is 0 Å². The second-order valence-corrected chi connectivity index (χ2v) is 11.8. The van der Waals surface area contributed by atoms with Gasteiger partial charge in [-0.2, -0.15) is 0 Å². The second kappa shape index (κ2) is 18.7. The number of rotatable bonds is 18. The normalized spacial score (nSPS) is 17.8. The number of aryl methyl sites for hydroxylation is 2. The first-order chi connectivity index (χ1) is 19.6. The van der Waals surface area contributed by atoms with Gasteiger partial charge in [-0.25, -0.2) is 0 Å². The van der Waals surface area contributed by atoms with Gasteiger partial charge in [-0.1, -0.05) is 103 Å². The molecule has 220 valence electrons. The van der Waals surface area contributed by atoms with Crippen LogP contribution < -0.4 is 0 Å². The molecular weight excluding hydrogens is 492 g/mol. The topological polar surface area (TPSA) is 65.2 Å². The van der Waals surface area contributed by atoms with Crippen molar-refractivity contribution in [2.75, 3.05) is 0 Å². The Morgan fingerprint density at radius 2 is 1.00 bits per heavy atom. The zero-order chi connectivity index (χ0) is 28.4. The van der Waals surface area contributed by atoms with Crippen LogP contribution in [0.4, 0.5) is 0 Å². The van der Waals surface area contributed by atoms with Gasteiger partial charge in [0.15, 0.2) is 0 Å². The van der Waals surface area contributed by atoms with E-state index in [4.69, 9.17) is 9.98 Å². The van der Waals surface area contributed by atoms with E-state index in [9.17, 15) is 10.2 Å². The smallest absolute Gasteiger partial charge is 0.124 e. The molecule has 4 nitrogen and oxygen atoms in total. The molecule has 2 N–H and O–H groups in total. The van der Waals surface area contributed by atoms with Crippen molar-refractivity contribution in [3.8, 4) is 11.5 Å². The van der Waals surface area contributed by atoms with Crippen molar-refractivity contribution >= 4 is 12.4 Å². The Balaban J connectivity index is 1.51. The fraction of sp³-hybridized carbons (Fsp3) is 0.611. The van der Waals surface area contributed by atoms with E-state index in [1.807, 2.05) is 36.7 Å². The van der Waals surface area contributed by atoms with Crippen molar-refractivity contribution in [3.63, 3.8) is 0 Å². The minimum atomic E-state index is 0.0984. The summed E-state index contributed by atoms with van der Waals surface area (Å²) in [6, 6.07) is 12.3. The molecule has 0 bridgehead atoms. The fourth-order valence-electron chi connectivity index (χ4n) is 5.72. The molecule has 1 fully saturated rings. The highest BCUT2D eigenvalue weighted by molar-refractivity contribution is 5.84. The number of aliphatic imine (C=N–C) groups is 2. The van der Waals surface area contributed by atoms with Crippen LogP contribution in [0.15, 0.2) is 46.4 Å². The number of unbranched alkanes of at least 4 members (excludes halogenated alkanes) is 10. The van der Waals surface area contributed by atoms with Crippen molar-refractivity contribution in [2.45, 2.75) is 142 Å². The number of hydrogen-bond acceptors (Lipinski definition) is 4. The average Bonchev–Trinajstić information content (AvgIpc) is 2.96. The van der Waals surface area contributed by atoms with E-state index in [-0.39, 0.29) is 12.1 Å². The first-order valence-corrected chi connectivity index (χ1v) is 16.3. The molecule has 0 unspecified atom stereocenters. The summed E-state index contributed by atoms with van der Waals surface area (Å²) in [4.78, 5) is 9.75. The maximum atomic E-state index is 10.6. The van der Waals surface area contributed by atoms with Gasteiger partial charge in [0, 0.05) is 23.6 Å². The number of nitrogens with zero attached hydrogens (tertiary/aromatic N) is 2. The van der Waals surface area contributed by atoms with Crippen LogP contribution in [0.5, 0.6) is 11.5 Å². The van der Waals surface area contributed by atoms with E-state index in [0.29, 0.717) is 11.5 Å². The van der Waals surface area contributed by atoms with Gasteiger partial charge in [-0.15, -0.1) is 0 Å². The third-order valence-electron chi connectivity index (χ3n) is 8.33. The predicted octanol–water partition coefficient (Wildman–Crippen LogP) is 9.75. The molecule has 4 heteroatoms. The summed E-state index contributed by atoms with van der Waals surface area (Å²) in [5, 5.41) is 21.2. The van der Waals surface area contributed by atoms with Crippen LogP contribution in [0.25, 0.3) is 0 Å². The molecule has 0 spiro atoms. The molecule has 1 saturated carbocycles. The maximum Gasteiger partial charge on any atom is 0.124 e. The second-order valence-electron chi connectivity index (χ2n) is 11.8. The minimum Gasteiger partial charge on any atom is -0.507 e. The van der Waals surface area contributed by atoms with Crippen molar-refractivity contribution in [2.24, 2.45) is 9.98 Å². The molecule has 0 aromatic heterocycles. The first-order valence-electron chi connectivity index (χ1n) is 16.3. The number of phenolic OH excluding ortho intramolecular Hbond substituents is 2. The lowest BCUT2D eigenvalue weighted by Gasteiger charge is -2.25. The maximum absolute atomic E-state index is 10.6. The average molecular weight is 547 g/mol. The van der Waals surface area contributed by atoms with Gasteiger partial charge in [0.2, 0.25) is 0 Å². The van der Waals surface area contributed by atoms with Crippen LogP contribution in [-0.2, 0) is 12.8 Å². The van der Waals surface area contributed by atoms with Gasteiger partial charge in [-0.05, 0) is 73.9 Å². The van der Waals surface area contributed by atoms with E-state index in [0.717, 1.165) is 49.7 Å². The molecule has 1 aliphatic carbocycles. The number of aromatic hydroxyl groups is 2. The van der Waals surface area contributed by atoms with E-state index >= 15 is 0 Å². The van der Waals surface area contributed by atoms with Gasteiger partial charge in [0.1, 0.15) is 11.5 Å². The highest BCUT2D eigenvalue weighted by Gasteiger charge is 2.23. The SMILES string of the molecule is CCCCCCCCc1ccc(C=N[C@H]2CCCC[C@H]2N=Cc2ccc(CCCCCCCC)cc2O)c(O)c1. The summed E-state index contributed by atoms with van der Waals surface area (Å²) < 4.78 is 0. The highest BCUT2D eigenvalue weighted by Crippen LogP contribution is 2.26. The monoisotopic (exact) mass is 546 g/mol. The van der Waals surface area contributed by atoms with E-state index < -0.39 is 0 Å². The fourth-order valence-corrected chi connectivity index (χ4v) is 5.72. The Bertz CT molecular complexity index is 962. The largest absolute Gasteiger partial charge is 0.507 e. The Hall–Kier alpha value is -2.62. The van der Waals surface area contributed by atoms with Crippen molar-refractivity contribution < 1.29 is 10.2 Å². The van der Waals surface area contributed by atoms with E-state index in [1.165, 1.54) is 88.2 Å². The van der Waals surface area contributed by atoms with Crippen LogP contribution in [0.1, 0.15) is 139 Å². The molecule has 0 radical (unpaired) electrons. The predicted molar refractivity (Wildman–Crippen MR) is 172 cm³/mol. The van der Waals surface area contributed by atoms with Gasteiger partial charge < -0.3 is 10.2 Å². The number of hydrogen-bond donors (Lipinski definition) is 2. The molecule has 40 heavy (non-hydrogen) atoms. The molecule has 0 aliphatic heterocycles. The third-order valence-corrected chi connectivity index (χ3v) is 8.33. The molecule has 2 aromatic carbocycles. The summed E-state index contributed by atoms with van der Waals surface area (Å²) in [7, 11) is 0. The van der Waals surface area contributed by atoms with E-state index in [2.05, 4.69) is 26.0 Å². The van der Waals surface area contributed by atoms with Crippen molar-refractivity contribution in [3.05, 3.63) is 58.7 Å². The molecule has 1 aliphatic rings. The van der Waals surface area contributed by atoms with Crippen LogP contribution >= 0.6 is 0 Å².